The van der Waals surface area contributed by atoms with Gasteiger partial charge in [0.2, 0.25) is 11.3 Å². The molecule has 0 saturated carbocycles. The number of hydrogen-bond acceptors (Lipinski definition) is 4. The van der Waals surface area contributed by atoms with Gasteiger partial charge in [0.05, 0.1) is 22.8 Å². The van der Waals surface area contributed by atoms with Crippen molar-refractivity contribution in [2.45, 2.75) is 11.3 Å². The monoisotopic (exact) mass is 626 g/mol. The number of hydrogen-bond donors (Lipinski definition) is 0. The summed E-state index contributed by atoms with van der Waals surface area (Å²) >= 11 is 0. The van der Waals surface area contributed by atoms with Crippen molar-refractivity contribution in [3.8, 4) is 0 Å². The zero-order valence-corrected chi connectivity index (χ0v) is 25.7. The predicted octanol–water partition coefficient (Wildman–Crippen LogP) is 8.96. The minimum absolute atomic E-state index is 0.431. The molecule has 0 aromatic heterocycles. The van der Waals surface area contributed by atoms with E-state index in [0.29, 0.717) is 34.0 Å². The molecule has 48 heavy (non-hydrogen) atoms. The van der Waals surface area contributed by atoms with Crippen LogP contribution in [-0.2, 0) is 11.3 Å². The van der Waals surface area contributed by atoms with Gasteiger partial charge >= 0.3 is 0 Å². The first-order chi connectivity index (χ1) is 23.6. The van der Waals surface area contributed by atoms with Crippen molar-refractivity contribution < 1.29 is 8.78 Å². The van der Waals surface area contributed by atoms with Crippen LogP contribution in [0.25, 0.3) is 0 Å². The lowest BCUT2D eigenvalue weighted by Gasteiger charge is -2.38. The summed E-state index contributed by atoms with van der Waals surface area (Å²) in [6, 6.07) is 51.6. The Labute approximate surface area is 277 Å². The molecule has 8 rings (SSSR count). The lowest BCUT2D eigenvalue weighted by molar-refractivity contribution is 0.255. The van der Waals surface area contributed by atoms with Crippen LogP contribution >= 0.6 is 0 Å². The highest BCUT2D eigenvalue weighted by molar-refractivity contribution is 6.55. The molecule has 6 heteroatoms. The summed E-state index contributed by atoms with van der Waals surface area (Å²) in [7, 11) is 0. The Balaban J connectivity index is 1.54. The zero-order chi connectivity index (χ0) is 32.6. The molecule has 2 heterocycles. The van der Waals surface area contributed by atoms with E-state index < -0.39 is 23.0 Å². The zero-order valence-electron chi connectivity index (χ0n) is 25.7. The van der Waals surface area contributed by atoms with Crippen LogP contribution in [0.4, 0.5) is 8.78 Å². The molecule has 0 amide bonds. The molecule has 230 valence electrons. The lowest BCUT2D eigenvalue weighted by Crippen LogP contribution is -2.43. The third kappa shape index (κ3) is 4.90. The highest BCUT2D eigenvalue weighted by Gasteiger charge is 2.60. The van der Waals surface area contributed by atoms with Gasteiger partial charge in [0.15, 0.2) is 0 Å². The second kappa shape index (κ2) is 11.9. The molecule has 0 saturated heterocycles. The van der Waals surface area contributed by atoms with Crippen molar-refractivity contribution in [3.63, 3.8) is 0 Å². The standard InChI is InChI=1S/C42H28F2N4/c43-35-25-13-23-33(27-35)41(45-37(29-15-5-1-6-16-29)38(46-41)30-17-7-2-8-18-30)42(34-24-14-26-36(44)28-34)47-39(31-19-9-3-10-20-31)40(48-42)32-21-11-4-12-22-32/h1-28H. The fourth-order valence-electron chi connectivity index (χ4n) is 6.48. The summed E-state index contributed by atoms with van der Waals surface area (Å²) < 4.78 is 30.7. The Hall–Kier alpha value is -6.14. The Bertz CT molecular complexity index is 1970. The highest BCUT2D eigenvalue weighted by atomic mass is 19.1. The van der Waals surface area contributed by atoms with Gasteiger partial charge in [-0.2, -0.15) is 0 Å². The van der Waals surface area contributed by atoms with Gasteiger partial charge in [-0.15, -0.1) is 0 Å². The first kappa shape index (κ1) is 29.3. The summed E-state index contributed by atoms with van der Waals surface area (Å²) in [6.07, 6.45) is 0. The van der Waals surface area contributed by atoms with Gasteiger partial charge in [0.1, 0.15) is 11.6 Å². The van der Waals surface area contributed by atoms with Gasteiger partial charge in [-0.25, -0.2) is 28.8 Å². The SMILES string of the molecule is Fc1cccc(C2(C3(c4cccc(F)c4)N=C(c4ccccc4)C(c4ccccc4)=N3)N=C(c3ccccc3)C(c3ccccc3)=N2)c1. The van der Waals surface area contributed by atoms with Crippen molar-refractivity contribution in [1.82, 2.24) is 0 Å². The summed E-state index contributed by atoms with van der Waals surface area (Å²) in [6.45, 7) is 0. The molecule has 6 aromatic rings. The van der Waals surface area contributed by atoms with E-state index in [1.54, 1.807) is 24.3 Å². The van der Waals surface area contributed by atoms with E-state index in [0.717, 1.165) is 22.3 Å². The Morgan fingerprint density at radius 1 is 0.312 bits per heavy atom. The summed E-state index contributed by atoms with van der Waals surface area (Å²) in [5.41, 5.74) is 3.18. The minimum atomic E-state index is -1.68. The van der Waals surface area contributed by atoms with Crippen LogP contribution in [0, 0.1) is 11.6 Å². The van der Waals surface area contributed by atoms with Crippen LogP contribution in [-0.4, -0.2) is 22.8 Å². The molecule has 0 fully saturated rings. The number of aliphatic imine (C=N–C) groups is 4. The number of halogens is 2. The Morgan fingerprint density at radius 2 is 0.583 bits per heavy atom. The van der Waals surface area contributed by atoms with Crippen LogP contribution in [0.3, 0.4) is 0 Å². The normalized spacial score (nSPS) is 16.1. The highest BCUT2D eigenvalue weighted by Crippen LogP contribution is 2.54. The Kier molecular flexibility index (Phi) is 7.26. The molecular weight excluding hydrogens is 598 g/mol. The molecule has 2 aliphatic rings. The fourth-order valence-corrected chi connectivity index (χ4v) is 6.48. The van der Waals surface area contributed by atoms with Gasteiger partial charge in [-0.1, -0.05) is 146 Å². The van der Waals surface area contributed by atoms with Gasteiger partial charge in [0.25, 0.3) is 0 Å². The van der Waals surface area contributed by atoms with Crippen LogP contribution in [0.15, 0.2) is 190 Å². The first-order valence-corrected chi connectivity index (χ1v) is 15.7. The van der Waals surface area contributed by atoms with Crippen molar-refractivity contribution >= 4 is 22.8 Å². The third-order valence-corrected chi connectivity index (χ3v) is 8.67. The minimum Gasteiger partial charge on any atom is -0.243 e. The predicted molar refractivity (Wildman–Crippen MR) is 188 cm³/mol. The van der Waals surface area contributed by atoms with E-state index in [-0.39, 0.29) is 0 Å². The maximum Gasteiger partial charge on any atom is 0.226 e. The molecule has 0 unspecified atom stereocenters. The van der Waals surface area contributed by atoms with Crippen LogP contribution < -0.4 is 0 Å². The molecule has 0 atom stereocenters. The van der Waals surface area contributed by atoms with E-state index in [9.17, 15) is 0 Å². The molecule has 0 spiro atoms. The van der Waals surface area contributed by atoms with E-state index in [1.165, 1.54) is 24.3 Å². The van der Waals surface area contributed by atoms with Crippen LogP contribution in [0.1, 0.15) is 33.4 Å². The van der Waals surface area contributed by atoms with Gasteiger partial charge < -0.3 is 0 Å². The van der Waals surface area contributed by atoms with Crippen molar-refractivity contribution in [3.05, 3.63) is 215 Å². The number of nitrogens with zero attached hydrogens (tertiary/aromatic N) is 4. The summed E-state index contributed by atoms with van der Waals surface area (Å²) in [5.74, 6) is -0.919. The van der Waals surface area contributed by atoms with E-state index >= 15 is 8.78 Å². The maximum atomic E-state index is 15.4. The van der Waals surface area contributed by atoms with Crippen LogP contribution in [0.2, 0.25) is 0 Å². The topological polar surface area (TPSA) is 49.4 Å². The molecule has 6 aromatic carbocycles. The summed E-state index contributed by atoms with van der Waals surface area (Å²) in [5, 5.41) is 0. The lowest BCUT2D eigenvalue weighted by atomic mass is 9.82. The summed E-state index contributed by atoms with van der Waals surface area (Å²) in [4.78, 5) is 21.9. The van der Waals surface area contributed by atoms with Gasteiger partial charge in [-0.3, -0.25) is 0 Å². The first-order valence-electron chi connectivity index (χ1n) is 15.7. The molecular formula is C42H28F2N4. The third-order valence-electron chi connectivity index (χ3n) is 8.67. The number of benzene rings is 6. The second-order valence-corrected chi connectivity index (χ2v) is 11.7. The van der Waals surface area contributed by atoms with E-state index in [2.05, 4.69) is 0 Å². The van der Waals surface area contributed by atoms with Gasteiger partial charge in [0, 0.05) is 33.4 Å². The van der Waals surface area contributed by atoms with E-state index in [4.69, 9.17) is 20.0 Å². The largest absolute Gasteiger partial charge is 0.243 e. The van der Waals surface area contributed by atoms with Crippen molar-refractivity contribution in [2.24, 2.45) is 20.0 Å². The average Bonchev–Trinajstić information content (AvgIpc) is 3.76. The van der Waals surface area contributed by atoms with Crippen LogP contribution in [0.5, 0.6) is 0 Å². The van der Waals surface area contributed by atoms with E-state index in [1.807, 2.05) is 121 Å². The number of rotatable bonds is 7. The average molecular weight is 627 g/mol. The quantitative estimate of drug-likeness (QED) is 0.170. The molecule has 2 aliphatic heterocycles. The van der Waals surface area contributed by atoms with Crippen molar-refractivity contribution in [1.29, 1.82) is 0 Å². The maximum absolute atomic E-state index is 15.4. The van der Waals surface area contributed by atoms with Gasteiger partial charge in [-0.05, 0) is 24.3 Å². The second-order valence-electron chi connectivity index (χ2n) is 11.7. The molecule has 0 radical (unpaired) electrons. The molecule has 4 nitrogen and oxygen atoms in total. The smallest absolute Gasteiger partial charge is 0.226 e. The van der Waals surface area contributed by atoms with Crippen molar-refractivity contribution in [2.75, 3.05) is 0 Å². The molecule has 0 aliphatic carbocycles. The molecule has 0 bridgehead atoms. The molecule has 0 N–H and O–H groups in total. The fraction of sp³-hybridized carbons (Fsp3) is 0.0476. The Morgan fingerprint density at radius 3 is 0.833 bits per heavy atom.